The van der Waals surface area contributed by atoms with Crippen LogP contribution < -0.4 is 5.32 Å². The van der Waals surface area contributed by atoms with E-state index in [4.69, 9.17) is 4.74 Å². The van der Waals surface area contributed by atoms with Crippen LogP contribution in [0.5, 0.6) is 0 Å². The van der Waals surface area contributed by atoms with Crippen LogP contribution in [-0.2, 0) is 4.74 Å². The fourth-order valence-electron chi connectivity index (χ4n) is 3.80. The van der Waals surface area contributed by atoms with Gasteiger partial charge >= 0.3 is 0 Å². The Morgan fingerprint density at radius 1 is 1.26 bits per heavy atom. The van der Waals surface area contributed by atoms with Gasteiger partial charge in [-0.15, -0.1) is 0 Å². The molecular formula is C16H31NOS. The van der Waals surface area contributed by atoms with Gasteiger partial charge in [0, 0.05) is 17.5 Å². The van der Waals surface area contributed by atoms with Crippen LogP contribution in [0, 0.1) is 11.8 Å². The zero-order chi connectivity index (χ0) is 13.5. The van der Waals surface area contributed by atoms with Gasteiger partial charge in [0.05, 0.1) is 12.7 Å². The molecule has 2 fully saturated rings. The standard InChI is InChI=1S/C16H31NOS/c1-3-9-17-16(15-12-19-11-10-18-15)14-8-6-5-7-13(14)4-2/h13-17H,3-12H2,1-2H3. The molecule has 3 heteroatoms. The second-order valence-corrected chi connectivity index (χ2v) is 7.23. The van der Waals surface area contributed by atoms with Gasteiger partial charge < -0.3 is 10.1 Å². The average molecular weight is 285 g/mol. The van der Waals surface area contributed by atoms with Gasteiger partial charge in [0.15, 0.2) is 0 Å². The van der Waals surface area contributed by atoms with Crippen LogP contribution >= 0.6 is 11.8 Å². The second-order valence-electron chi connectivity index (χ2n) is 6.08. The van der Waals surface area contributed by atoms with Crippen molar-refractivity contribution in [2.75, 3.05) is 24.7 Å². The van der Waals surface area contributed by atoms with Crippen molar-refractivity contribution < 1.29 is 4.74 Å². The van der Waals surface area contributed by atoms with Crippen LogP contribution in [0.25, 0.3) is 0 Å². The SMILES string of the molecule is CCCNC(C1CSCCO1)C1CCCCC1CC. The Morgan fingerprint density at radius 3 is 2.79 bits per heavy atom. The number of hydrogen-bond acceptors (Lipinski definition) is 3. The van der Waals surface area contributed by atoms with Crippen molar-refractivity contribution >= 4 is 11.8 Å². The molecule has 0 bridgehead atoms. The Labute approximate surface area is 123 Å². The molecule has 2 nitrogen and oxygen atoms in total. The molecule has 0 spiro atoms. The topological polar surface area (TPSA) is 21.3 Å². The van der Waals surface area contributed by atoms with Crippen LogP contribution in [0.4, 0.5) is 0 Å². The van der Waals surface area contributed by atoms with Crippen molar-refractivity contribution in [1.29, 1.82) is 0 Å². The molecule has 1 aliphatic heterocycles. The van der Waals surface area contributed by atoms with Crippen molar-refractivity contribution in [3.8, 4) is 0 Å². The lowest BCUT2D eigenvalue weighted by atomic mass is 9.72. The molecule has 0 aromatic rings. The van der Waals surface area contributed by atoms with Gasteiger partial charge in [0.25, 0.3) is 0 Å². The second kappa shape index (κ2) is 8.53. The summed E-state index contributed by atoms with van der Waals surface area (Å²) in [6, 6.07) is 0.595. The van der Waals surface area contributed by atoms with Gasteiger partial charge in [-0.05, 0) is 31.2 Å². The maximum absolute atomic E-state index is 6.10. The molecule has 1 N–H and O–H groups in total. The van der Waals surface area contributed by atoms with Crippen LogP contribution in [0.3, 0.4) is 0 Å². The lowest BCUT2D eigenvalue weighted by molar-refractivity contribution is 0.0101. The molecule has 2 rings (SSSR count). The number of rotatable bonds is 6. The van der Waals surface area contributed by atoms with Crippen LogP contribution in [-0.4, -0.2) is 36.8 Å². The summed E-state index contributed by atoms with van der Waals surface area (Å²) in [5.41, 5.74) is 0. The van der Waals surface area contributed by atoms with E-state index in [1.807, 2.05) is 0 Å². The monoisotopic (exact) mass is 285 g/mol. The van der Waals surface area contributed by atoms with Gasteiger partial charge in [-0.2, -0.15) is 11.8 Å². The molecule has 4 unspecified atom stereocenters. The molecule has 2 aliphatic rings. The summed E-state index contributed by atoms with van der Waals surface area (Å²) in [7, 11) is 0. The number of nitrogens with one attached hydrogen (secondary N) is 1. The van der Waals surface area contributed by atoms with Crippen molar-refractivity contribution in [3.63, 3.8) is 0 Å². The highest BCUT2D eigenvalue weighted by Gasteiger charge is 2.36. The minimum absolute atomic E-state index is 0.447. The summed E-state index contributed by atoms with van der Waals surface area (Å²) >= 11 is 2.07. The summed E-state index contributed by atoms with van der Waals surface area (Å²) in [4.78, 5) is 0. The fraction of sp³-hybridized carbons (Fsp3) is 1.00. The summed E-state index contributed by atoms with van der Waals surface area (Å²) in [6.45, 7) is 6.72. The van der Waals surface area contributed by atoms with Crippen LogP contribution in [0.1, 0.15) is 52.4 Å². The molecule has 1 aliphatic carbocycles. The average Bonchev–Trinajstić information content (AvgIpc) is 2.49. The van der Waals surface area contributed by atoms with E-state index >= 15 is 0 Å². The van der Waals surface area contributed by atoms with Crippen LogP contribution in [0.2, 0.25) is 0 Å². The van der Waals surface area contributed by atoms with Gasteiger partial charge in [0.1, 0.15) is 0 Å². The highest BCUT2D eigenvalue weighted by atomic mass is 32.2. The Morgan fingerprint density at radius 2 is 2.11 bits per heavy atom. The zero-order valence-corrected chi connectivity index (χ0v) is 13.5. The minimum Gasteiger partial charge on any atom is -0.375 e. The Kier molecular flexibility index (Phi) is 7.03. The molecule has 0 aromatic carbocycles. The predicted octanol–water partition coefficient (Wildman–Crippen LogP) is 3.70. The van der Waals surface area contributed by atoms with E-state index in [1.54, 1.807) is 0 Å². The zero-order valence-electron chi connectivity index (χ0n) is 12.7. The van der Waals surface area contributed by atoms with Gasteiger partial charge in [0.2, 0.25) is 0 Å². The molecule has 0 radical (unpaired) electrons. The largest absolute Gasteiger partial charge is 0.375 e. The first-order chi connectivity index (χ1) is 9.36. The molecule has 0 aromatic heterocycles. The van der Waals surface area contributed by atoms with E-state index in [9.17, 15) is 0 Å². The maximum atomic E-state index is 6.10. The lowest BCUT2D eigenvalue weighted by Crippen LogP contribution is -2.52. The molecular weight excluding hydrogens is 254 g/mol. The minimum atomic E-state index is 0.447. The Balaban J connectivity index is 2.01. The molecule has 19 heavy (non-hydrogen) atoms. The molecule has 1 heterocycles. The number of ether oxygens (including phenoxy) is 1. The van der Waals surface area contributed by atoms with E-state index in [0.29, 0.717) is 12.1 Å². The predicted molar refractivity (Wildman–Crippen MR) is 84.9 cm³/mol. The van der Waals surface area contributed by atoms with E-state index in [1.165, 1.54) is 50.0 Å². The van der Waals surface area contributed by atoms with Gasteiger partial charge in [-0.1, -0.05) is 39.5 Å². The first-order valence-electron chi connectivity index (χ1n) is 8.29. The molecule has 1 saturated heterocycles. The molecule has 1 saturated carbocycles. The fourth-order valence-corrected chi connectivity index (χ4v) is 4.72. The summed E-state index contributed by atoms with van der Waals surface area (Å²) in [5, 5.41) is 3.83. The first kappa shape index (κ1) is 15.7. The van der Waals surface area contributed by atoms with Crippen molar-refractivity contribution in [2.24, 2.45) is 11.8 Å². The van der Waals surface area contributed by atoms with Gasteiger partial charge in [-0.3, -0.25) is 0 Å². The highest BCUT2D eigenvalue weighted by molar-refractivity contribution is 7.99. The molecule has 112 valence electrons. The van der Waals surface area contributed by atoms with Gasteiger partial charge in [-0.25, -0.2) is 0 Å². The van der Waals surface area contributed by atoms with E-state index in [2.05, 4.69) is 30.9 Å². The van der Waals surface area contributed by atoms with Crippen molar-refractivity contribution in [2.45, 2.75) is 64.5 Å². The van der Waals surface area contributed by atoms with E-state index < -0.39 is 0 Å². The van der Waals surface area contributed by atoms with Crippen molar-refractivity contribution in [3.05, 3.63) is 0 Å². The first-order valence-corrected chi connectivity index (χ1v) is 9.45. The highest BCUT2D eigenvalue weighted by Crippen LogP contribution is 2.36. The third-order valence-electron chi connectivity index (χ3n) is 4.83. The maximum Gasteiger partial charge on any atom is 0.0821 e. The Bertz CT molecular complexity index is 243. The normalized spacial score (nSPS) is 34.1. The molecule has 0 amide bonds. The smallest absolute Gasteiger partial charge is 0.0821 e. The van der Waals surface area contributed by atoms with E-state index in [-0.39, 0.29) is 0 Å². The Hall–Kier alpha value is 0.270. The number of thioether (sulfide) groups is 1. The third kappa shape index (κ3) is 4.37. The van der Waals surface area contributed by atoms with Crippen molar-refractivity contribution in [1.82, 2.24) is 5.32 Å². The van der Waals surface area contributed by atoms with Crippen LogP contribution in [0.15, 0.2) is 0 Å². The quantitative estimate of drug-likeness (QED) is 0.804. The summed E-state index contributed by atoms with van der Waals surface area (Å²) < 4.78 is 6.10. The summed E-state index contributed by atoms with van der Waals surface area (Å²) in [5.74, 6) is 4.13. The third-order valence-corrected chi connectivity index (χ3v) is 5.85. The lowest BCUT2D eigenvalue weighted by Gasteiger charge is -2.42. The summed E-state index contributed by atoms with van der Waals surface area (Å²) in [6.07, 6.45) is 8.72. The van der Waals surface area contributed by atoms with E-state index in [0.717, 1.165) is 25.0 Å². The molecule has 4 atom stereocenters. The number of hydrogen-bond donors (Lipinski definition) is 1.